The number of nitrogens with one attached hydrogen (secondary N) is 1. The molecule has 1 fully saturated rings. The van der Waals surface area contributed by atoms with E-state index in [1.807, 2.05) is 0 Å². The number of carbonyl (C=O) groups is 2. The summed E-state index contributed by atoms with van der Waals surface area (Å²) in [5.41, 5.74) is 2.28. The number of rotatable bonds is 4. The highest BCUT2D eigenvalue weighted by Crippen LogP contribution is 2.30. The second-order valence-corrected chi connectivity index (χ2v) is 9.01. The van der Waals surface area contributed by atoms with Crippen LogP contribution in [-0.2, 0) is 6.42 Å². The number of nitrogens with zero attached hydrogens (tertiary/aromatic N) is 2. The van der Waals surface area contributed by atoms with Gasteiger partial charge in [-0.3, -0.25) is 19.3 Å². The molecule has 5 rings (SSSR count). The van der Waals surface area contributed by atoms with E-state index >= 15 is 0 Å². The first kappa shape index (κ1) is 23.1. The minimum Gasteiger partial charge on any atom is -0.336 e. The Balaban J connectivity index is 1.36. The van der Waals surface area contributed by atoms with Gasteiger partial charge in [0, 0.05) is 43.9 Å². The molecule has 1 aromatic heterocycles. The molecule has 1 amide bonds. The van der Waals surface area contributed by atoms with Crippen molar-refractivity contribution in [1.29, 1.82) is 0 Å². The monoisotopic (exact) mass is 477 g/mol. The van der Waals surface area contributed by atoms with Crippen molar-refractivity contribution in [3.8, 4) is 0 Å². The minimum absolute atomic E-state index is 0.0129. The lowest BCUT2D eigenvalue weighted by Crippen LogP contribution is -2.50. The molecule has 6 nitrogen and oxygen atoms in total. The number of halogens is 2. The van der Waals surface area contributed by atoms with E-state index in [0.717, 1.165) is 11.1 Å². The summed E-state index contributed by atoms with van der Waals surface area (Å²) in [6.45, 7) is 1.77. The lowest BCUT2D eigenvalue weighted by molar-refractivity contribution is 0.0595. The van der Waals surface area contributed by atoms with Crippen molar-refractivity contribution in [2.75, 3.05) is 26.2 Å². The number of piperazine rings is 1. The Morgan fingerprint density at radius 1 is 0.829 bits per heavy atom. The smallest absolute Gasteiger partial charge is 0.261 e. The van der Waals surface area contributed by atoms with Crippen LogP contribution in [-0.4, -0.2) is 52.7 Å². The fraction of sp³-hybridized carbons (Fsp3) is 0.296. The number of carbonyl (C=O) groups excluding carboxylic acids is 2. The first-order valence-corrected chi connectivity index (χ1v) is 11.7. The number of hydrogen-bond acceptors (Lipinski definition) is 4. The molecule has 0 saturated carbocycles. The van der Waals surface area contributed by atoms with Crippen molar-refractivity contribution in [2.45, 2.75) is 25.3 Å². The fourth-order valence-corrected chi connectivity index (χ4v) is 4.99. The van der Waals surface area contributed by atoms with Gasteiger partial charge in [-0.1, -0.05) is 24.3 Å². The Kier molecular flexibility index (Phi) is 6.30. The molecule has 1 aliphatic heterocycles. The standard InChI is InChI=1S/C27H25F2N3O3/c28-19-8-4-17(5-9-19)25(18-6-10-20(29)11-7-18)31-12-14-32(15-13-31)27(35)22-16-21-23(30-26(22)34)2-1-3-24(21)33/h4-11,16,25H,1-3,12-15H2,(H,30,34). The number of aromatic amines is 1. The van der Waals surface area contributed by atoms with Gasteiger partial charge in [-0.25, -0.2) is 8.78 Å². The topological polar surface area (TPSA) is 73.5 Å². The Bertz CT molecular complexity index is 1270. The number of H-pyrrole nitrogens is 1. The number of aryl methyl sites for hydroxylation is 1. The van der Waals surface area contributed by atoms with E-state index in [4.69, 9.17) is 0 Å². The summed E-state index contributed by atoms with van der Waals surface area (Å²) < 4.78 is 27.1. The van der Waals surface area contributed by atoms with Crippen molar-refractivity contribution in [3.63, 3.8) is 0 Å². The van der Waals surface area contributed by atoms with Gasteiger partial charge in [0.25, 0.3) is 11.5 Å². The summed E-state index contributed by atoms with van der Waals surface area (Å²) in [5, 5.41) is 0. The summed E-state index contributed by atoms with van der Waals surface area (Å²) in [4.78, 5) is 44.6. The maximum atomic E-state index is 13.6. The molecule has 1 aliphatic carbocycles. The first-order chi connectivity index (χ1) is 16.9. The van der Waals surface area contributed by atoms with Gasteiger partial charge in [0.1, 0.15) is 17.2 Å². The van der Waals surface area contributed by atoms with Gasteiger partial charge in [-0.15, -0.1) is 0 Å². The van der Waals surface area contributed by atoms with Gasteiger partial charge >= 0.3 is 0 Å². The SMILES string of the molecule is O=C1CCCc2[nH]c(=O)c(C(=O)N3CCN(C(c4ccc(F)cc4)c4ccc(F)cc4)CC3)cc21. The first-order valence-electron chi connectivity index (χ1n) is 11.7. The predicted molar refractivity (Wildman–Crippen MR) is 126 cm³/mol. The Hall–Kier alpha value is -3.65. The van der Waals surface area contributed by atoms with Crippen molar-refractivity contribution >= 4 is 11.7 Å². The van der Waals surface area contributed by atoms with Crippen molar-refractivity contribution in [1.82, 2.24) is 14.8 Å². The van der Waals surface area contributed by atoms with Crippen LogP contribution in [0.15, 0.2) is 59.4 Å². The molecular formula is C27H25F2N3O3. The van der Waals surface area contributed by atoms with E-state index in [1.165, 1.54) is 30.3 Å². The van der Waals surface area contributed by atoms with Crippen LogP contribution in [0.2, 0.25) is 0 Å². The number of aromatic nitrogens is 1. The van der Waals surface area contributed by atoms with Gasteiger partial charge in [0.05, 0.1) is 6.04 Å². The lowest BCUT2D eigenvalue weighted by Gasteiger charge is -2.39. The van der Waals surface area contributed by atoms with E-state index < -0.39 is 11.5 Å². The van der Waals surface area contributed by atoms with E-state index in [2.05, 4.69) is 9.88 Å². The molecule has 1 saturated heterocycles. The molecule has 35 heavy (non-hydrogen) atoms. The number of pyridine rings is 1. The minimum atomic E-state index is -0.471. The van der Waals surface area contributed by atoms with Crippen molar-refractivity contribution < 1.29 is 18.4 Å². The highest BCUT2D eigenvalue weighted by molar-refractivity contribution is 6.01. The van der Waals surface area contributed by atoms with E-state index in [0.29, 0.717) is 56.7 Å². The molecule has 8 heteroatoms. The second kappa shape index (κ2) is 9.54. The molecule has 2 aliphatic rings. The summed E-state index contributed by atoms with van der Waals surface area (Å²) in [7, 11) is 0. The molecule has 0 radical (unpaired) electrons. The molecule has 0 bridgehead atoms. The van der Waals surface area contributed by atoms with E-state index in [1.54, 1.807) is 29.2 Å². The third-order valence-corrected chi connectivity index (χ3v) is 6.82. The molecule has 1 N–H and O–H groups in total. The number of ketones is 1. The largest absolute Gasteiger partial charge is 0.336 e. The van der Waals surface area contributed by atoms with Gasteiger partial charge in [0.2, 0.25) is 0 Å². The third kappa shape index (κ3) is 4.66. The molecule has 180 valence electrons. The molecule has 0 spiro atoms. The van der Waals surface area contributed by atoms with Crippen LogP contribution in [0.25, 0.3) is 0 Å². The predicted octanol–water partition coefficient (Wildman–Crippen LogP) is 3.72. The van der Waals surface area contributed by atoms with E-state index in [9.17, 15) is 23.2 Å². The highest BCUT2D eigenvalue weighted by atomic mass is 19.1. The van der Waals surface area contributed by atoms with Gasteiger partial charge in [0.15, 0.2) is 5.78 Å². The van der Waals surface area contributed by atoms with Crippen LogP contribution in [0.5, 0.6) is 0 Å². The lowest BCUT2D eigenvalue weighted by atomic mass is 9.93. The maximum absolute atomic E-state index is 13.6. The average molecular weight is 478 g/mol. The van der Waals surface area contributed by atoms with Crippen LogP contribution in [0.4, 0.5) is 8.78 Å². The second-order valence-electron chi connectivity index (χ2n) is 9.01. The molecule has 2 heterocycles. The highest BCUT2D eigenvalue weighted by Gasteiger charge is 2.30. The number of benzene rings is 2. The Morgan fingerprint density at radius 3 is 1.97 bits per heavy atom. The van der Waals surface area contributed by atoms with Crippen LogP contribution in [0.1, 0.15) is 56.4 Å². The van der Waals surface area contributed by atoms with Gasteiger partial charge in [-0.2, -0.15) is 0 Å². The zero-order valence-electron chi connectivity index (χ0n) is 19.1. The van der Waals surface area contributed by atoms with Gasteiger partial charge < -0.3 is 9.88 Å². The van der Waals surface area contributed by atoms with Crippen LogP contribution in [0.3, 0.4) is 0 Å². The van der Waals surface area contributed by atoms with E-state index in [-0.39, 0.29) is 29.0 Å². The van der Waals surface area contributed by atoms with Crippen LogP contribution in [0, 0.1) is 11.6 Å². The van der Waals surface area contributed by atoms with Crippen LogP contribution >= 0.6 is 0 Å². The fourth-order valence-electron chi connectivity index (χ4n) is 4.99. The summed E-state index contributed by atoms with van der Waals surface area (Å²) in [5.74, 6) is -1.12. The molecular weight excluding hydrogens is 452 g/mol. The third-order valence-electron chi connectivity index (χ3n) is 6.82. The number of amides is 1. The Labute approximate surface area is 201 Å². The average Bonchev–Trinajstić information content (AvgIpc) is 2.86. The summed E-state index contributed by atoms with van der Waals surface area (Å²) in [6, 6.07) is 13.7. The maximum Gasteiger partial charge on any atom is 0.261 e. The van der Waals surface area contributed by atoms with Crippen LogP contribution < -0.4 is 5.56 Å². The molecule has 0 atom stereocenters. The van der Waals surface area contributed by atoms with Crippen molar-refractivity contribution in [2.24, 2.45) is 0 Å². The normalized spacial score (nSPS) is 16.4. The summed E-state index contributed by atoms with van der Waals surface area (Å²) in [6.07, 6.45) is 1.73. The Morgan fingerprint density at radius 2 is 1.40 bits per heavy atom. The van der Waals surface area contributed by atoms with Gasteiger partial charge in [-0.05, 0) is 54.3 Å². The summed E-state index contributed by atoms with van der Waals surface area (Å²) >= 11 is 0. The number of fused-ring (bicyclic) bond motifs is 1. The zero-order chi connectivity index (χ0) is 24.5. The number of hydrogen-bond donors (Lipinski definition) is 1. The number of Topliss-reactive ketones (excluding diaryl/α,β-unsaturated/α-hetero) is 1. The van der Waals surface area contributed by atoms with Crippen molar-refractivity contribution in [3.05, 3.63) is 105 Å². The molecule has 3 aromatic rings. The molecule has 0 unspecified atom stereocenters. The molecule has 2 aromatic carbocycles. The quantitative estimate of drug-likeness (QED) is 0.622. The zero-order valence-corrected chi connectivity index (χ0v) is 19.1.